The van der Waals surface area contributed by atoms with Gasteiger partial charge in [0.05, 0.1) is 17.7 Å². The highest BCUT2D eigenvalue weighted by Gasteiger charge is 2.48. The molecule has 0 aliphatic carbocycles. The molecule has 1 N–H and O–H groups in total. The highest BCUT2D eigenvalue weighted by atomic mass is 35.5. The van der Waals surface area contributed by atoms with E-state index in [0.29, 0.717) is 28.0 Å². The molecule has 1 atom stereocenters. The van der Waals surface area contributed by atoms with Crippen LogP contribution in [0.25, 0.3) is 5.76 Å². The van der Waals surface area contributed by atoms with Crippen molar-refractivity contribution in [3.8, 4) is 5.75 Å². The minimum atomic E-state index is -1.01. The number of rotatable bonds is 4. The van der Waals surface area contributed by atoms with Gasteiger partial charge in [0.2, 0.25) is 0 Å². The molecule has 3 aromatic rings. The average molecular weight is 458 g/mol. The first-order valence-electron chi connectivity index (χ1n) is 9.28. The van der Waals surface area contributed by atoms with Gasteiger partial charge in [0.15, 0.2) is 0 Å². The zero-order chi connectivity index (χ0) is 22.3. The number of hydrogen-bond acceptors (Lipinski definition) is 5. The number of furan rings is 1. The number of methoxy groups -OCH3 is 1. The summed E-state index contributed by atoms with van der Waals surface area (Å²) in [5, 5.41) is 11.7. The fourth-order valence-corrected chi connectivity index (χ4v) is 3.94. The number of aliphatic hydroxyl groups excluding tert-OH is 1. The molecule has 2 aromatic carbocycles. The van der Waals surface area contributed by atoms with E-state index in [2.05, 4.69) is 0 Å². The molecule has 1 amide bonds. The van der Waals surface area contributed by atoms with E-state index in [1.807, 2.05) is 0 Å². The van der Waals surface area contributed by atoms with Crippen molar-refractivity contribution in [3.63, 3.8) is 0 Å². The number of ether oxygens (including phenoxy) is 1. The number of hydrogen-bond donors (Lipinski definition) is 1. The third kappa shape index (κ3) is 3.69. The van der Waals surface area contributed by atoms with Crippen LogP contribution in [0.1, 0.15) is 23.1 Å². The summed E-state index contributed by atoms with van der Waals surface area (Å²) in [6.07, 6.45) is 0. The monoisotopic (exact) mass is 457 g/mol. The lowest BCUT2D eigenvalue weighted by molar-refractivity contribution is -0.132. The van der Waals surface area contributed by atoms with Gasteiger partial charge in [-0.3, -0.25) is 14.5 Å². The van der Waals surface area contributed by atoms with E-state index in [-0.39, 0.29) is 16.2 Å². The van der Waals surface area contributed by atoms with E-state index in [4.69, 9.17) is 32.4 Å². The summed E-state index contributed by atoms with van der Waals surface area (Å²) in [5.74, 6) is -0.771. The molecular weight excluding hydrogens is 441 g/mol. The lowest BCUT2D eigenvalue weighted by atomic mass is 9.99. The number of carbonyl (C=O) groups excluding carboxylic acids is 2. The zero-order valence-electron chi connectivity index (χ0n) is 16.6. The highest BCUT2D eigenvalue weighted by molar-refractivity contribution is 6.52. The van der Waals surface area contributed by atoms with Gasteiger partial charge in [-0.25, -0.2) is 0 Å². The summed E-state index contributed by atoms with van der Waals surface area (Å²) in [4.78, 5) is 27.4. The van der Waals surface area contributed by atoms with E-state index in [0.717, 1.165) is 0 Å². The Morgan fingerprint density at radius 3 is 2.52 bits per heavy atom. The van der Waals surface area contributed by atoms with Gasteiger partial charge in [-0.1, -0.05) is 29.3 Å². The van der Waals surface area contributed by atoms with Crippen LogP contribution in [0.2, 0.25) is 10.0 Å². The summed E-state index contributed by atoms with van der Waals surface area (Å²) < 4.78 is 11.0. The van der Waals surface area contributed by atoms with Gasteiger partial charge in [0.1, 0.15) is 29.1 Å². The molecule has 8 heteroatoms. The molecule has 1 unspecified atom stereocenters. The largest absolute Gasteiger partial charge is 0.507 e. The summed E-state index contributed by atoms with van der Waals surface area (Å²) >= 11 is 12.4. The number of Topliss-reactive ketones (excluding diaryl/α,β-unsaturated/α-hetero) is 1. The predicted octanol–water partition coefficient (Wildman–Crippen LogP) is 5.53. The molecule has 1 aliphatic heterocycles. The number of nitrogens with zero attached hydrogens (tertiary/aromatic N) is 1. The van der Waals surface area contributed by atoms with E-state index >= 15 is 0 Å². The molecule has 158 valence electrons. The second-order valence-electron chi connectivity index (χ2n) is 6.94. The number of amides is 1. The molecule has 0 spiro atoms. The van der Waals surface area contributed by atoms with Crippen molar-refractivity contribution in [1.82, 2.24) is 0 Å². The van der Waals surface area contributed by atoms with Crippen LogP contribution >= 0.6 is 23.2 Å². The molecule has 1 aliphatic rings. The van der Waals surface area contributed by atoms with Gasteiger partial charge in [-0.2, -0.15) is 0 Å². The fraction of sp³-hybridized carbons (Fsp3) is 0.130. The average Bonchev–Trinajstić information content (AvgIpc) is 3.29. The summed E-state index contributed by atoms with van der Waals surface area (Å²) in [6, 6.07) is 13.6. The Morgan fingerprint density at radius 1 is 1.10 bits per heavy atom. The maximum absolute atomic E-state index is 13.1. The van der Waals surface area contributed by atoms with Gasteiger partial charge in [0.25, 0.3) is 11.7 Å². The first-order valence-corrected chi connectivity index (χ1v) is 10.0. The van der Waals surface area contributed by atoms with E-state index in [1.165, 1.54) is 24.1 Å². The van der Waals surface area contributed by atoms with Crippen molar-refractivity contribution >= 4 is 46.3 Å². The van der Waals surface area contributed by atoms with Gasteiger partial charge in [-0.05, 0) is 55.5 Å². The number of aryl methyl sites for hydroxylation is 1. The van der Waals surface area contributed by atoms with Crippen molar-refractivity contribution in [2.75, 3.05) is 12.0 Å². The lowest BCUT2D eigenvalue weighted by Crippen LogP contribution is -2.29. The van der Waals surface area contributed by atoms with E-state index < -0.39 is 23.5 Å². The molecule has 6 nitrogen and oxygen atoms in total. The van der Waals surface area contributed by atoms with E-state index in [9.17, 15) is 14.7 Å². The molecule has 1 saturated heterocycles. The third-order valence-corrected chi connectivity index (χ3v) is 5.55. The number of halogens is 2. The van der Waals surface area contributed by atoms with Crippen molar-refractivity contribution in [1.29, 1.82) is 0 Å². The third-order valence-electron chi connectivity index (χ3n) is 4.99. The van der Waals surface area contributed by atoms with Gasteiger partial charge >= 0.3 is 0 Å². The minimum absolute atomic E-state index is 0.144. The second-order valence-corrected chi connectivity index (χ2v) is 7.79. The minimum Gasteiger partial charge on any atom is -0.507 e. The molecule has 0 saturated carbocycles. The van der Waals surface area contributed by atoms with Crippen molar-refractivity contribution < 1.29 is 23.8 Å². The molecule has 0 bridgehead atoms. The molecule has 4 rings (SSSR count). The smallest absolute Gasteiger partial charge is 0.300 e. The lowest BCUT2D eigenvalue weighted by Gasteiger charge is -2.23. The van der Waals surface area contributed by atoms with Crippen molar-refractivity contribution in [2.45, 2.75) is 13.0 Å². The Kier molecular flexibility index (Phi) is 5.52. The van der Waals surface area contributed by atoms with Crippen molar-refractivity contribution in [3.05, 3.63) is 87.3 Å². The molecular formula is C23H17Cl2NO5. The Morgan fingerprint density at radius 2 is 1.87 bits per heavy atom. The molecule has 1 fully saturated rings. The van der Waals surface area contributed by atoms with E-state index in [1.54, 1.807) is 49.4 Å². The Bertz CT molecular complexity index is 1230. The summed E-state index contributed by atoms with van der Waals surface area (Å²) in [5.41, 5.74) is 0.414. The van der Waals surface area contributed by atoms with Crippen LogP contribution in [0.4, 0.5) is 5.69 Å². The molecule has 31 heavy (non-hydrogen) atoms. The standard InChI is InChI=1S/C23H17Cl2NO5/c1-12-6-9-18(31-12)20-19(21(27)16-11-15(30-2)7-8-17(16)25)22(28)23(29)26(20)14-5-3-4-13(24)10-14/h3-11,20,27H,1-2H3/b21-19-. The van der Waals surface area contributed by atoms with Crippen LogP contribution in [0, 0.1) is 6.92 Å². The highest BCUT2D eigenvalue weighted by Crippen LogP contribution is 2.44. The van der Waals surface area contributed by atoms with Crippen LogP contribution in [-0.2, 0) is 9.59 Å². The molecule has 2 heterocycles. The first-order chi connectivity index (χ1) is 14.8. The topological polar surface area (TPSA) is 80.0 Å². The van der Waals surface area contributed by atoms with Gasteiger partial charge < -0.3 is 14.3 Å². The van der Waals surface area contributed by atoms with Gasteiger partial charge in [-0.15, -0.1) is 0 Å². The van der Waals surface area contributed by atoms with Gasteiger partial charge in [0, 0.05) is 16.3 Å². The maximum atomic E-state index is 13.1. The predicted molar refractivity (Wildman–Crippen MR) is 118 cm³/mol. The Hall–Kier alpha value is -3.22. The van der Waals surface area contributed by atoms with Crippen molar-refractivity contribution in [2.24, 2.45) is 0 Å². The van der Waals surface area contributed by atoms with Crippen LogP contribution in [0.15, 0.2) is 64.6 Å². The van der Waals surface area contributed by atoms with Crippen LogP contribution < -0.4 is 9.64 Å². The maximum Gasteiger partial charge on any atom is 0.300 e. The number of ketones is 1. The summed E-state index contributed by atoms with van der Waals surface area (Å²) in [7, 11) is 1.47. The normalized spacial score (nSPS) is 17.9. The number of benzene rings is 2. The number of carbonyl (C=O) groups is 2. The Balaban J connectivity index is 1.97. The van der Waals surface area contributed by atoms with Crippen LogP contribution in [0.3, 0.4) is 0 Å². The summed E-state index contributed by atoms with van der Waals surface area (Å²) in [6.45, 7) is 1.74. The quantitative estimate of drug-likeness (QED) is 0.316. The van der Waals surface area contributed by atoms with Crippen LogP contribution in [-0.4, -0.2) is 23.9 Å². The zero-order valence-corrected chi connectivity index (χ0v) is 18.1. The molecule has 0 radical (unpaired) electrons. The SMILES string of the molecule is COc1ccc(Cl)c(/C(O)=C2/C(=O)C(=O)N(c3cccc(Cl)c3)C2c2ccc(C)o2)c1. The number of aliphatic hydroxyl groups is 1. The second kappa shape index (κ2) is 8.13. The fourth-order valence-electron chi connectivity index (χ4n) is 3.55. The first kappa shape index (κ1) is 21.0. The van der Waals surface area contributed by atoms with Crippen LogP contribution in [0.5, 0.6) is 5.75 Å². The Labute approximate surface area is 188 Å². The molecule has 1 aromatic heterocycles. The number of anilines is 1.